The highest BCUT2D eigenvalue weighted by molar-refractivity contribution is 5.34. The van der Waals surface area contributed by atoms with Crippen LogP contribution in [0.15, 0.2) is 18.2 Å². The van der Waals surface area contributed by atoms with E-state index < -0.39 is 0 Å². The molecule has 3 rings (SSSR count). The number of aryl methyl sites for hydroxylation is 2. The van der Waals surface area contributed by atoms with Gasteiger partial charge in [0.05, 0.1) is 0 Å². The lowest BCUT2D eigenvalue weighted by Gasteiger charge is -2.18. The molecule has 1 aromatic rings. The Bertz CT molecular complexity index is 390. The van der Waals surface area contributed by atoms with Gasteiger partial charge in [-0.2, -0.15) is 0 Å². The van der Waals surface area contributed by atoms with Gasteiger partial charge in [0.25, 0.3) is 0 Å². The Morgan fingerprint density at radius 3 is 2.50 bits per heavy atom. The Balaban J connectivity index is 1.80. The molecular formula is C15H20O. The van der Waals surface area contributed by atoms with E-state index in [4.69, 9.17) is 0 Å². The standard InChI is InChI=1S/C15H20O/c16-11-15(7-8-15)10-12-5-6-13-3-1-2-4-14(13)9-12/h5-6,9,16H,1-4,7-8,10-11H2. The Labute approximate surface area is 97.5 Å². The molecule has 0 atom stereocenters. The normalized spacial score (nSPS) is 21.6. The van der Waals surface area contributed by atoms with E-state index in [9.17, 15) is 5.11 Å². The van der Waals surface area contributed by atoms with E-state index >= 15 is 0 Å². The molecule has 16 heavy (non-hydrogen) atoms. The van der Waals surface area contributed by atoms with Crippen molar-refractivity contribution >= 4 is 0 Å². The average Bonchev–Trinajstić information content (AvgIpc) is 3.09. The van der Waals surface area contributed by atoms with Gasteiger partial charge >= 0.3 is 0 Å². The predicted molar refractivity (Wildman–Crippen MR) is 65.5 cm³/mol. The molecule has 0 heterocycles. The molecule has 1 nitrogen and oxygen atoms in total. The van der Waals surface area contributed by atoms with E-state index in [0.717, 1.165) is 6.42 Å². The molecule has 1 fully saturated rings. The molecule has 1 saturated carbocycles. The van der Waals surface area contributed by atoms with Crippen molar-refractivity contribution < 1.29 is 5.11 Å². The molecule has 0 bridgehead atoms. The van der Waals surface area contributed by atoms with Gasteiger partial charge in [-0.25, -0.2) is 0 Å². The van der Waals surface area contributed by atoms with Crippen molar-refractivity contribution in [2.45, 2.75) is 44.9 Å². The van der Waals surface area contributed by atoms with E-state index in [1.165, 1.54) is 44.1 Å². The summed E-state index contributed by atoms with van der Waals surface area (Å²) in [6.45, 7) is 0.365. The van der Waals surface area contributed by atoms with Gasteiger partial charge in [0.1, 0.15) is 0 Å². The molecular weight excluding hydrogens is 196 g/mol. The van der Waals surface area contributed by atoms with Crippen molar-refractivity contribution in [3.05, 3.63) is 34.9 Å². The molecule has 0 aliphatic heterocycles. The first kappa shape index (κ1) is 10.3. The van der Waals surface area contributed by atoms with Crippen LogP contribution in [0, 0.1) is 5.41 Å². The van der Waals surface area contributed by atoms with E-state index in [-0.39, 0.29) is 5.41 Å². The number of benzene rings is 1. The Morgan fingerprint density at radius 1 is 1.06 bits per heavy atom. The summed E-state index contributed by atoms with van der Waals surface area (Å²) in [6, 6.07) is 6.99. The van der Waals surface area contributed by atoms with Crippen LogP contribution in [0.4, 0.5) is 0 Å². The van der Waals surface area contributed by atoms with Gasteiger partial charge in [0, 0.05) is 6.61 Å². The molecule has 1 heteroatoms. The summed E-state index contributed by atoms with van der Waals surface area (Å²) in [5, 5.41) is 9.36. The summed E-state index contributed by atoms with van der Waals surface area (Å²) >= 11 is 0. The summed E-state index contributed by atoms with van der Waals surface area (Å²) in [5.74, 6) is 0. The fourth-order valence-corrected chi connectivity index (χ4v) is 2.90. The van der Waals surface area contributed by atoms with Crippen molar-refractivity contribution in [3.63, 3.8) is 0 Å². The second kappa shape index (κ2) is 3.89. The van der Waals surface area contributed by atoms with Crippen LogP contribution in [0.25, 0.3) is 0 Å². The zero-order chi connectivity index (χ0) is 11.0. The minimum Gasteiger partial charge on any atom is -0.396 e. The fourth-order valence-electron chi connectivity index (χ4n) is 2.90. The van der Waals surface area contributed by atoms with Gasteiger partial charge in [0.2, 0.25) is 0 Å². The van der Waals surface area contributed by atoms with Crippen LogP contribution in [-0.2, 0) is 19.3 Å². The highest BCUT2D eigenvalue weighted by Gasteiger charge is 2.41. The van der Waals surface area contributed by atoms with Crippen LogP contribution in [0.1, 0.15) is 42.4 Å². The summed E-state index contributed by atoms with van der Waals surface area (Å²) in [5.41, 5.74) is 4.82. The van der Waals surface area contributed by atoms with Gasteiger partial charge in [-0.3, -0.25) is 0 Å². The highest BCUT2D eigenvalue weighted by atomic mass is 16.3. The third-order valence-electron chi connectivity index (χ3n) is 4.28. The number of aliphatic hydroxyl groups is 1. The quantitative estimate of drug-likeness (QED) is 0.823. The van der Waals surface area contributed by atoms with Gasteiger partial charge < -0.3 is 5.11 Å². The molecule has 1 N–H and O–H groups in total. The predicted octanol–water partition coefficient (Wildman–Crippen LogP) is 2.88. The number of hydrogen-bond donors (Lipinski definition) is 1. The Hall–Kier alpha value is -0.820. The van der Waals surface area contributed by atoms with Crippen LogP contribution in [0.5, 0.6) is 0 Å². The number of hydrogen-bond acceptors (Lipinski definition) is 1. The third kappa shape index (κ3) is 1.89. The lowest BCUT2D eigenvalue weighted by atomic mass is 9.88. The summed E-state index contributed by atoms with van der Waals surface area (Å²) in [6.07, 6.45) is 8.72. The van der Waals surface area contributed by atoms with E-state index in [1.807, 2.05) is 0 Å². The third-order valence-corrected chi connectivity index (χ3v) is 4.28. The molecule has 0 spiro atoms. The van der Waals surface area contributed by atoms with Crippen LogP contribution >= 0.6 is 0 Å². The van der Waals surface area contributed by atoms with Gasteiger partial charge in [-0.05, 0) is 67.1 Å². The molecule has 2 aliphatic carbocycles. The largest absolute Gasteiger partial charge is 0.396 e. The van der Waals surface area contributed by atoms with Crippen molar-refractivity contribution in [1.82, 2.24) is 0 Å². The second-order valence-corrected chi connectivity index (χ2v) is 5.65. The molecule has 86 valence electrons. The monoisotopic (exact) mass is 216 g/mol. The minimum atomic E-state index is 0.253. The summed E-state index contributed by atoms with van der Waals surface area (Å²) < 4.78 is 0. The molecule has 0 unspecified atom stereocenters. The maximum Gasteiger partial charge on any atom is 0.0490 e. The number of fused-ring (bicyclic) bond motifs is 1. The number of rotatable bonds is 3. The SMILES string of the molecule is OCC1(Cc2ccc3c(c2)CCCC3)CC1. The maximum absolute atomic E-state index is 9.36. The molecule has 0 radical (unpaired) electrons. The lowest BCUT2D eigenvalue weighted by molar-refractivity contribution is 0.211. The average molecular weight is 216 g/mol. The lowest BCUT2D eigenvalue weighted by Crippen LogP contribution is -2.11. The highest BCUT2D eigenvalue weighted by Crippen LogP contribution is 2.47. The van der Waals surface area contributed by atoms with Crippen molar-refractivity contribution in [2.75, 3.05) is 6.61 Å². The van der Waals surface area contributed by atoms with Crippen molar-refractivity contribution in [3.8, 4) is 0 Å². The van der Waals surface area contributed by atoms with Crippen LogP contribution in [0.3, 0.4) is 0 Å². The second-order valence-electron chi connectivity index (χ2n) is 5.65. The van der Waals surface area contributed by atoms with Crippen LogP contribution in [-0.4, -0.2) is 11.7 Å². The first-order valence-electron chi connectivity index (χ1n) is 6.53. The molecule has 0 amide bonds. The topological polar surface area (TPSA) is 20.2 Å². The Kier molecular flexibility index (Phi) is 2.51. The summed E-state index contributed by atoms with van der Waals surface area (Å²) in [7, 11) is 0. The zero-order valence-electron chi connectivity index (χ0n) is 9.84. The van der Waals surface area contributed by atoms with Gasteiger partial charge in [-0.1, -0.05) is 18.2 Å². The molecule has 0 aromatic heterocycles. The molecule has 2 aliphatic rings. The number of aliphatic hydroxyl groups excluding tert-OH is 1. The first-order chi connectivity index (χ1) is 7.81. The minimum absolute atomic E-state index is 0.253. The molecule has 0 saturated heterocycles. The Morgan fingerprint density at radius 2 is 1.81 bits per heavy atom. The van der Waals surface area contributed by atoms with E-state index in [0.29, 0.717) is 6.61 Å². The van der Waals surface area contributed by atoms with Gasteiger partial charge in [0.15, 0.2) is 0 Å². The van der Waals surface area contributed by atoms with Gasteiger partial charge in [-0.15, -0.1) is 0 Å². The maximum atomic E-state index is 9.36. The zero-order valence-corrected chi connectivity index (χ0v) is 9.84. The summed E-state index contributed by atoms with van der Waals surface area (Å²) in [4.78, 5) is 0. The fraction of sp³-hybridized carbons (Fsp3) is 0.600. The first-order valence-corrected chi connectivity index (χ1v) is 6.53. The smallest absolute Gasteiger partial charge is 0.0490 e. The van der Waals surface area contributed by atoms with E-state index in [1.54, 1.807) is 11.1 Å². The van der Waals surface area contributed by atoms with Crippen LogP contribution in [0.2, 0.25) is 0 Å². The van der Waals surface area contributed by atoms with Crippen LogP contribution < -0.4 is 0 Å². The van der Waals surface area contributed by atoms with Crippen molar-refractivity contribution in [2.24, 2.45) is 5.41 Å². The van der Waals surface area contributed by atoms with E-state index in [2.05, 4.69) is 18.2 Å². The molecule has 1 aromatic carbocycles. The van der Waals surface area contributed by atoms with Crippen molar-refractivity contribution in [1.29, 1.82) is 0 Å².